The number of benzene rings is 1. The highest BCUT2D eigenvalue weighted by atomic mass is 32.2. The summed E-state index contributed by atoms with van der Waals surface area (Å²) in [7, 11) is -3.98. The van der Waals surface area contributed by atoms with Crippen molar-refractivity contribution in [1.82, 2.24) is 4.72 Å². The molecule has 0 spiro atoms. The third kappa shape index (κ3) is 5.80. The van der Waals surface area contributed by atoms with Gasteiger partial charge in [0, 0.05) is 18.7 Å². The Hall–Kier alpha value is -1.48. The van der Waals surface area contributed by atoms with E-state index in [0.29, 0.717) is 0 Å². The molecule has 0 unspecified atom stereocenters. The lowest BCUT2D eigenvalue weighted by molar-refractivity contribution is -0.135. The van der Waals surface area contributed by atoms with Crippen molar-refractivity contribution in [2.45, 2.75) is 30.8 Å². The maximum Gasteiger partial charge on any atom is 0.389 e. The van der Waals surface area contributed by atoms with Crippen molar-refractivity contribution >= 4 is 15.7 Å². The van der Waals surface area contributed by atoms with Crippen LogP contribution in [0.5, 0.6) is 5.75 Å². The Morgan fingerprint density at radius 2 is 2.00 bits per heavy atom. The molecule has 0 bridgehead atoms. The van der Waals surface area contributed by atoms with E-state index in [1.807, 2.05) is 0 Å². The van der Waals surface area contributed by atoms with Crippen LogP contribution in [0.1, 0.15) is 19.8 Å². The SMILES string of the molecule is CCOc1ccc(N)cc1S(=O)(=O)NCCCC(F)(F)F. The third-order valence-corrected chi connectivity index (χ3v) is 3.97. The van der Waals surface area contributed by atoms with Crippen molar-refractivity contribution in [3.05, 3.63) is 18.2 Å². The summed E-state index contributed by atoms with van der Waals surface area (Å²) in [6.45, 7) is 1.62. The van der Waals surface area contributed by atoms with Gasteiger partial charge in [-0.05, 0) is 31.5 Å². The van der Waals surface area contributed by atoms with Crippen LogP contribution in [0.2, 0.25) is 0 Å². The molecule has 0 aliphatic rings. The smallest absolute Gasteiger partial charge is 0.389 e. The fraction of sp³-hybridized carbons (Fsp3) is 0.500. The van der Waals surface area contributed by atoms with Gasteiger partial charge in [-0.25, -0.2) is 13.1 Å². The topological polar surface area (TPSA) is 81.4 Å². The zero-order valence-electron chi connectivity index (χ0n) is 11.4. The number of ether oxygens (including phenoxy) is 1. The predicted octanol–water partition coefficient (Wildman–Crippen LogP) is 2.29. The van der Waals surface area contributed by atoms with E-state index in [0.717, 1.165) is 0 Å². The molecule has 0 amide bonds. The van der Waals surface area contributed by atoms with Crippen LogP contribution in [0.25, 0.3) is 0 Å². The van der Waals surface area contributed by atoms with E-state index in [9.17, 15) is 21.6 Å². The number of nitrogens with one attached hydrogen (secondary N) is 1. The lowest BCUT2D eigenvalue weighted by atomic mass is 10.3. The molecule has 0 heterocycles. The van der Waals surface area contributed by atoms with E-state index >= 15 is 0 Å². The lowest BCUT2D eigenvalue weighted by Gasteiger charge is -2.13. The molecule has 0 saturated heterocycles. The van der Waals surface area contributed by atoms with Crippen LogP contribution in [-0.2, 0) is 10.0 Å². The van der Waals surface area contributed by atoms with Crippen LogP contribution in [0, 0.1) is 0 Å². The first-order valence-electron chi connectivity index (χ1n) is 6.24. The van der Waals surface area contributed by atoms with Gasteiger partial charge in [-0.3, -0.25) is 0 Å². The summed E-state index contributed by atoms with van der Waals surface area (Å²) in [6, 6.07) is 4.09. The first kappa shape index (κ1) is 17.6. The zero-order chi connectivity index (χ0) is 16.1. The van der Waals surface area contributed by atoms with Crippen LogP contribution >= 0.6 is 0 Å². The molecule has 21 heavy (non-hydrogen) atoms. The highest BCUT2D eigenvalue weighted by molar-refractivity contribution is 7.89. The standard InChI is InChI=1S/C12H17F3N2O3S/c1-2-20-10-5-4-9(16)8-11(10)21(18,19)17-7-3-6-12(13,14)15/h4-5,8,17H,2-3,6-7,16H2,1H3. The Bertz CT molecular complexity index is 574. The number of sulfonamides is 1. The van der Waals surface area contributed by atoms with Gasteiger partial charge in [0.15, 0.2) is 0 Å². The van der Waals surface area contributed by atoms with Gasteiger partial charge in [-0.1, -0.05) is 0 Å². The molecule has 0 radical (unpaired) electrons. The minimum absolute atomic E-state index is 0.107. The maximum atomic E-state index is 12.1. The van der Waals surface area contributed by atoms with Crippen molar-refractivity contribution in [2.24, 2.45) is 0 Å². The highest BCUT2D eigenvalue weighted by Crippen LogP contribution is 2.26. The molecule has 1 rings (SSSR count). The Morgan fingerprint density at radius 1 is 1.33 bits per heavy atom. The second-order valence-corrected chi connectivity index (χ2v) is 5.99. The van der Waals surface area contributed by atoms with Gasteiger partial charge in [0.25, 0.3) is 0 Å². The van der Waals surface area contributed by atoms with Gasteiger partial charge in [0.1, 0.15) is 10.6 Å². The molecular weight excluding hydrogens is 309 g/mol. The molecule has 0 aliphatic carbocycles. The second-order valence-electron chi connectivity index (χ2n) is 4.26. The summed E-state index contributed by atoms with van der Waals surface area (Å²) in [5.74, 6) is 0.107. The first-order chi connectivity index (χ1) is 9.65. The van der Waals surface area contributed by atoms with Crippen molar-refractivity contribution in [2.75, 3.05) is 18.9 Å². The average molecular weight is 326 g/mol. The average Bonchev–Trinajstić information content (AvgIpc) is 2.36. The maximum absolute atomic E-state index is 12.1. The molecule has 1 aromatic rings. The predicted molar refractivity (Wildman–Crippen MR) is 72.5 cm³/mol. The Labute approximate surface area is 121 Å². The first-order valence-corrected chi connectivity index (χ1v) is 7.73. The van der Waals surface area contributed by atoms with Gasteiger partial charge >= 0.3 is 6.18 Å². The van der Waals surface area contributed by atoms with Crippen molar-refractivity contribution in [1.29, 1.82) is 0 Å². The van der Waals surface area contributed by atoms with E-state index in [1.165, 1.54) is 18.2 Å². The molecule has 0 aliphatic heterocycles. The van der Waals surface area contributed by atoms with Crippen molar-refractivity contribution in [3.8, 4) is 5.75 Å². The van der Waals surface area contributed by atoms with Crippen LogP contribution in [0.4, 0.5) is 18.9 Å². The zero-order valence-corrected chi connectivity index (χ0v) is 12.2. The van der Waals surface area contributed by atoms with Gasteiger partial charge in [0.2, 0.25) is 10.0 Å². The number of halogens is 3. The van der Waals surface area contributed by atoms with Crippen molar-refractivity contribution < 1.29 is 26.3 Å². The number of hydrogen-bond acceptors (Lipinski definition) is 4. The third-order valence-electron chi connectivity index (χ3n) is 2.49. The van der Waals surface area contributed by atoms with E-state index in [4.69, 9.17) is 10.5 Å². The van der Waals surface area contributed by atoms with Gasteiger partial charge in [-0.2, -0.15) is 13.2 Å². The number of anilines is 1. The number of nitrogens with two attached hydrogens (primary N) is 1. The Balaban J connectivity index is 2.80. The molecule has 0 saturated carbocycles. The summed E-state index contributed by atoms with van der Waals surface area (Å²) in [4.78, 5) is -0.184. The van der Waals surface area contributed by atoms with Gasteiger partial charge < -0.3 is 10.5 Å². The van der Waals surface area contributed by atoms with Gasteiger partial charge in [-0.15, -0.1) is 0 Å². The monoisotopic (exact) mass is 326 g/mol. The van der Waals surface area contributed by atoms with Crippen LogP contribution in [0.3, 0.4) is 0 Å². The molecule has 0 aromatic heterocycles. The number of hydrogen-bond donors (Lipinski definition) is 2. The second kappa shape index (κ2) is 6.99. The highest BCUT2D eigenvalue weighted by Gasteiger charge is 2.27. The van der Waals surface area contributed by atoms with E-state index < -0.39 is 22.6 Å². The number of alkyl halides is 3. The fourth-order valence-corrected chi connectivity index (χ4v) is 2.83. The molecule has 0 atom stereocenters. The van der Waals surface area contributed by atoms with Crippen LogP contribution < -0.4 is 15.2 Å². The molecule has 120 valence electrons. The van der Waals surface area contributed by atoms with Crippen molar-refractivity contribution in [3.63, 3.8) is 0 Å². The summed E-state index contributed by atoms with van der Waals surface area (Å²) in [5, 5.41) is 0. The summed E-state index contributed by atoms with van der Waals surface area (Å²) in [6.07, 6.45) is -5.70. The molecule has 9 heteroatoms. The minimum atomic E-state index is -4.31. The molecule has 3 N–H and O–H groups in total. The van der Waals surface area contributed by atoms with Crippen LogP contribution in [-0.4, -0.2) is 27.7 Å². The fourth-order valence-electron chi connectivity index (χ4n) is 1.58. The largest absolute Gasteiger partial charge is 0.492 e. The molecule has 5 nitrogen and oxygen atoms in total. The lowest BCUT2D eigenvalue weighted by Crippen LogP contribution is -2.26. The van der Waals surface area contributed by atoms with E-state index in [1.54, 1.807) is 6.92 Å². The van der Waals surface area contributed by atoms with Gasteiger partial charge in [0.05, 0.1) is 6.61 Å². The Morgan fingerprint density at radius 3 is 2.57 bits per heavy atom. The summed E-state index contributed by atoms with van der Waals surface area (Å²) >= 11 is 0. The molecular formula is C12H17F3N2O3S. The van der Waals surface area contributed by atoms with E-state index in [-0.39, 0.29) is 35.9 Å². The summed E-state index contributed by atoms with van der Waals surface area (Å²) < 4.78 is 67.5. The summed E-state index contributed by atoms with van der Waals surface area (Å²) in [5.41, 5.74) is 5.75. The normalized spacial score (nSPS) is 12.4. The number of rotatable bonds is 7. The Kier molecular flexibility index (Phi) is 5.85. The minimum Gasteiger partial charge on any atom is -0.492 e. The quantitative estimate of drug-likeness (QED) is 0.595. The molecule has 0 fully saturated rings. The number of nitrogen functional groups attached to an aromatic ring is 1. The van der Waals surface area contributed by atoms with Crippen LogP contribution in [0.15, 0.2) is 23.1 Å². The molecule has 1 aromatic carbocycles. The van der Waals surface area contributed by atoms with E-state index in [2.05, 4.69) is 4.72 Å².